The summed E-state index contributed by atoms with van der Waals surface area (Å²) in [5.74, 6) is 0.581. The highest BCUT2D eigenvalue weighted by Gasteiger charge is 2.22. The Labute approximate surface area is 202 Å². The minimum absolute atomic E-state index is 0.0678. The van der Waals surface area contributed by atoms with E-state index in [4.69, 9.17) is 0 Å². The normalized spacial score (nSPS) is 14.0. The zero-order valence-corrected chi connectivity index (χ0v) is 19.3. The van der Waals surface area contributed by atoms with Crippen LogP contribution in [0.2, 0.25) is 0 Å². The average Bonchev–Trinajstić information content (AvgIpc) is 3.55. The average molecular weight is 465 g/mol. The summed E-state index contributed by atoms with van der Waals surface area (Å²) in [4.78, 5) is 26.1. The second-order valence-electron chi connectivity index (χ2n) is 8.62. The Morgan fingerprint density at radius 2 is 1.49 bits per heavy atom. The Morgan fingerprint density at radius 3 is 2.20 bits per heavy atom. The Hall–Kier alpha value is -4.53. The molecule has 0 amide bonds. The summed E-state index contributed by atoms with van der Waals surface area (Å²) < 4.78 is 3.72. The first kappa shape index (κ1) is 21.0. The second kappa shape index (κ2) is 8.68. The molecule has 6 rings (SSSR count). The summed E-state index contributed by atoms with van der Waals surface area (Å²) in [7, 11) is 1.91. The molecule has 0 bridgehead atoms. The quantitative estimate of drug-likeness (QED) is 0.370. The van der Waals surface area contributed by atoms with E-state index in [1.807, 2.05) is 54.5 Å². The van der Waals surface area contributed by atoms with Crippen LogP contribution >= 0.6 is 0 Å². The third-order valence-corrected chi connectivity index (χ3v) is 6.37. The van der Waals surface area contributed by atoms with Crippen molar-refractivity contribution in [3.05, 3.63) is 90.8 Å². The number of aromatic nitrogens is 6. The standard InChI is InChI=1S/C26H24N8O/c1-31-17-22(15-29-31)20-7-8-23-24(16-30-34(23)18-20)32-9-11-33(12-10-32)26-27-13-21(14-28-26)25(35)19-5-3-2-4-6-19/h2-8,13-18H,9-12H2,1H3. The van der Waals surface area contributed by atoms with Crippen molar-refractivity contribution in [1.82, 2.24) is 29.4 Å². The van der Waals surface area contributed by atoms with E-state index in [1.54, 1.807) is 29.2 Å². The molecule has 9 heteroatoms. The van der Waals surface area contributed by atoms with Gasteiger partial charge in [0.15, 0.2) is 5.78 Å². The zero-order valence-electron chi connectivity index (χ0n) is 19.3. The molecule has 0 spiro atoms. The second-order valence-corrected chi connectivity index (χ2v) is 8.62. The van der Waals surface area contributed by atoms with Crippen molar-refractivity contribution in [2.24, 2.45) is 7.05 Å². The minimum Gasteiger partial charge on any atom is -0.365 e. The van der Waals surface area contributed by atoms with E-state index in [1.165, 1.54) is 0 Å². The molecule has 0 radical (unpaired) electrons. The first-order chi connectivity index (χ1) is 17.2. The number of nitrogens with zero attached hydrogens (tertiary/aromatic N) is 8. The molecule has 1 aliphatic heterocycles. The third kappa shape index (κ3) is 4.01. The van der Waals surface area contributed by atoms with Crippen LogP contribution in [-0.4, -0.2) is 61.3 Å². The fourth-order valence-corrected chi connectivity index (χ4v) is 4.46. The highest BCUT2D eigenvalue weighted by molar-refractivity contribution is 6.08. The predicted octanol–water partition coefficient (Wildman–Crippen LogP) is 3.08. The van der Waals surface area contributed by atoms with Crippen LogP contribution in [0.5, 0.6) is 0 Å². The molecule has 174 valence electrons. The molecule has 9 nitrogen and oxygen atoms in total. The van der Waals surface area contributed by atoms with E-state index in [0.717, 1.165) is 48.5 Å². The molecule has 0 saturated carbocycles. The van der Waals surface area contributed by atoms with Gasteiger partial charge >= 0.3 is 0 Å². The maximum Gasteiger partial charge on any atom is 0.225 e. The highest BCUT2D eigenvalue weighted by atomic mass is 16.1. The SMILES string of the molecule is Cn1cc(-c2ccc3c(N4CCN(c5ncc(C(=O)c6ccccc6)cn5)CC4)cnn3c2)cn1. The molecule has 4 aromatic heterocycles. The summed E-state index contributed by atoms with van der Waals surface area (Å²) in [5.41, 5.74) is 5.47. The van der Waals surface area contributed by atoms with E-state index >= 15 is 0 Å². The fourth-order valence-electron chi connectivity index (χ4n) is 4.46. The maximum atomic E-state index is 12.6. The minimum atomic E-state index is -0.0678. The van der Waals surface area contributed by atoms with Gasteiger partial charge in [-0.05, 0) is 6.07 Å². The number of piperazine rings is 1. The lowest BCUT2D eigenvalue weighted by molar-refractivity contribution is 0.103. The Morgan fingerprint density at radius 1 is 0.743 bits per heavy atom. The van der Waals surface area contributed by atoms with Crippen LogP contribution in [0.25, 0.3) is 16.6 Å². The molecule has 1 aliphatic rings. The largest absolute Gasteiger partial charge is 0.365 e. The van der Waals surface area contributed by atoms with Gasteiger partial charge in [0.1, 0.15) is 0 Å². The number of pyridine rings is 1. The lowest BCUT2D eigenvalue weighted by atomic mass is 10.1. The molecule has 0 atom stereocenters. The Bertz CT molecular complexity index is 1480. The third-order valence-electron chi connectivity index (χ3n) is 6.37. The van der Waals surface area contributed by atoms with Gasteiger partial charge < -0.3 is 9.80 Å². The molecular formula is C26H24N8O. The van der Waals surface area contributed by atoms with E-state index in [9.17, 15) is 4.79 Å². The first-order valence-electron chi connectivity index (χ1n) is 11.5. The van der Waals surface area contributed by atoms with Crippen molar-refractivity contribution in [1.29, 1.82) is 0 Å². The first-order valence-corrected chi connectivity index (χ1v) is 11.5. The van der Waals surface area contributed by atoms with Crippen LogP contribution in [0.3, 0.4) is 0 Å². The molecule has 35 heavy (non-hydrogen) atoms. The number of rotatable bonds is 5. The van der Waals surface area contributed by atoms with Gasteiger partial charge in [-0.25, -0.2) is 14.5 Å². The van der Waals surface area contributed by atoms with E-state index < -0.39 is 0 Å². The topological polar surface area (TPSA) is 84.5 Å². The van der Waals surface area contributed by atoms with Crippen LogP contribution in [0.15, 0.2) is 79.6 Å². The van der Waals surface area contributed by atoms with Crippen molar-refractivity contribution in [2.75, 3.05) is 36.0 Å². The molecule has 0 aliphatic carbocycles. The van der Waals surface area contributed by atoms with Crippen LogP contribution < -0.4 is 9.80 Å². The van der Waals surface area contributed by atoms with Crippen molar-refractivity contribution >= 4 is 22.9 Å². The summed E-state index contributed by atoms with van der Waals surface area (Å²) in [5, 5.41) is 8.85. The van der Waals surface area contributed by atoms with Gasteiger partial charge in [-0.3, -0.25) is 9.48 Å². The van der Waals surface area contributed by atoms with Gasteiger partial charge in [-0.15, -0.1) is 0 Å². The number of hydrogen-bond donors (Lipinski definition) is 0. The van der Waals surface area contributed by atoms with Crippen LogP contribution in [0.4, 0.5) is 11.6 Å². The Balaban J connectivity index is 1.13. The summed E-state index contributed by atoms with van der Waals surface area (Å²) in [6, 6.07) is 13.4. The molecular weight excluding hydrogens is 440 g/mol. The molecule has 0 unspecified atom stereocenters. The number of ketones is 1. The number of aryl methyl sites for hydroxylation is 1. The van der Waals surface area contributed by atoms with E-state index in [0.29, 0.717) is 17.1 Å². The van der Waals surface area contributed by atoms with Gasteiger partial charge in [0.25, 0.3) is 0 Å². The summed E-state index contributed by atoms with van der Waals surface area (Å²) in [6.45, 7) is 3.24. The maximum absolute atomic E-state index is 12.6. The number of carbonyl (C=O) groups excluding carboxylic acids is 1. The molecule has 5 heterocycles. The van der Waals surface area contributed by atoms with Crippen LogP contribution in [-0.2, 0) is 7.05 Å². The predicted molar refractivity (Wildman–Crippen MR) is 134 cm³/mol. The van der Waals surface area contributed by atoms with Gasteiger partial charge in [0.2, 0.25) is 5.95 Å². The van der Waals surface area contributed by atoms with Gasteiger partial charge in [0.05, 0.1) is 29.2 Å². The smallest absolute Gasteiger partial charge is 0.225 e. The zero-order chi connectivity index (χ0) is 23.8. The number of hydrogen-bond acceptors (Lipinski definition) is 7. The van der Waals surface area contributed by atoms with Crippen molar-refractivity contribution < 1.29 is 4.79 Å². The number of fused-ring (bicyclic) bond motifs is 1. The molecule has 0 N–H and O–H groups in total. The highest BCUT2D eigenvalue weighted by Crippen LogP contribution is 2.26. The number of benzene rings is 1. The summed E-state index contributed by atoms with van der Waals surface area (Å²) >= 11 is 0. The summed E-state index contributed by atoms with van der Waals surface area (Å²) in [6.07, 6.45) is 11.1. The lowest BCUT2D eigenvalue weighted by Crippen LogP contribution is -2.47. The Kier molecular flexibility index (Phi) is 5.21. The van der Waals surface area contributed by atoms with E-state index in [2.05, 4.69) is 42.1 Å². The number of carbonyl (C=O) groups is 1. The van der Waals surface area contributed by atoms with Crippen molar-refractivity contribution in [3.8, 4) is 11.1 Å². The molecule has 5 aromatic rings. The van der Waals surface area contributed by atoms with Gasteiger partial charge in [-0.2, -0.15) is 10.2 Å². The molecule has 1 aromatic carbocycles. The van der Waals surface area contributed by atoms with Crippen molar-refractivity contribution in [2.45, 2.75) is 0 Å². The van der Waals surface area contributed by atoms with Crippen molar-refractivity contribution in [3.63, 3.8) is 0 Å². The number of anilines is 2. The van der Waals surface area contributed by atoms with Gasteiger partial charge in [0, 0.05) is 74.7 Å². The van der Waals surface area contributed by atoms with Crippen LogP contribution in [0.1, 0.15) is 15.9 Å². The molecule has 1 fully saturated rings. The fraction of sp³-hybridized carbons (Fsp3) is 0.192. The monoisotopic (exact) mass is 464 g/mol. The lowest BCUT2D eigenvalue weighted by Gasteiger charge is -2.35. The molecule has 1 saturated heterocycles. The van der Waals surface area contributed by atoms with Crippen LogP contribution in [0, 0.1) is 0 Å². The van der Waals surface area contributed by atoms with E-state index in [-0.39, 0.29) is 5.78 Å². The van der Waals surface area contributed by atoms with Gasteiger partial charge in [-0.1, -0.05) is 36.4 Å².